The number of hydrogen-bond donors (Lipinski definition) is 1. The molecule has 0 spiro atoms. The van der Waals surface area contributed by atoms with E-state index in [1.165, 1.54) is 18.3 Å². The molecule has 2 rings (SSSR count). The van der Waals surface area contributed by atoms with Crippen LogP contribution in [0.2, 0.25) is 0 Å². The summed E-state index contributed by atoms with van der Waals surface area (Å²) in [5.41, 5.74) is 2.45. The molecule has 2 aromatic rings. The fourth-order valence-electron chi connectivity index (χ4n) is 1.76. The molecule has 1 aromatic heterocycles. The van der Waals surface area contributed by atoms with Gasteiger partial charge in [0.25, 0.3) is 0 Å². The van der Waals surface area contributed by atoms with Gasteiger partial charge in [-0.25, -0.2) is 4.79 Å². The Labute approximate surface area is 116 Å². The van der Waals surface area contributed by atoms with Gasteiger partial charge in [-0.15, -0.1) is 5.92 Å². The molecule has 4 nitrogen and oxygen atoms in total. The molecule has 20 heavy (non-hydrogen) atoms. The van der Waals surface area contributed by atoms with Crippen LogP contribution >= 0.6 is 0 Å². The summed E-state index contributed by atoms with van der Waals surface area (Å²) in [6.45, 7) is 1.70. The summed E-state index contributed by atoms with van der Waals surface area (Å²) in [4.78, 5) is 15.1. The van der Waals surface area contributed by atoms with Gasteiger partial charge in [0.15, 0.2) is 0 Å². The van der Waals surface area contributed by atoms with Gasteiger partial charge >= 0.3 is 5.97 Å². The molecule has 1 aromatic carbocycles. The zero-order valence-electron chi connectivity index (χ0n) is 10.7. The molecule has 4 heteroatoms. The molecule has 0 atom stereocenters. The predicted octanol–water partition coefficient (Wildman–Crippen LogP) is 2.69. The van der Waals surface area contributed by atoms with Crippen molar-refractivity contribution in [2.24, 2.45) is 0 Å². The van der Waals surface area contributed by atoms with Crippen molar-refractivity contribution in [1.29, 1.82) is 5.26 Å². The van der Waals surface area contributed by atoms with Crippen molar-refractivity contribution in [1.82, 2.24) is 4.98 Å². The fourth-order valence-corrected chi connectivity index (χ4v) is 1.76. The lowest BCUT2D eigenvalue weighted by atomic mass is 10.0. The zero-order valence-corrected chi connectivity index (χ0v) is 10.7. The van der Waals surface area contributed by atoms with Gasteiger partial charge in [0.2, 0.25) is 0 Å². The van der Waals surface area contributed by atoms with Gasteiger partial charge < -0.3 is 5.11 Å². The van der Waals surface area contributed by atoms with Crippen molar-refractivity contribution >= 4 is 5.97 Å². The molecule has 0 unspecified atom stereocenters. The SMILES string of the molecule is CC#Cc1ccc(-c2cc(C(=O)O)ccn2)cc1C#N. The second-order valence-electron chi connectivity index (χ2n) is 3.98. The highest BCUT2D eigenvalue weighted by atomic mass is 16.4. The lowest BCUT2D eigenvalue weighted by molar-refractivity contribution is 0.0697. The van der Waals surface area contributed by atoms with Gasteiger partial charge in [-0.05, 0) is 31.2 Å². The van der Waals surface area contributed by atoms with E-state index in [0.29, 0.717) is 22.4 Å². The number of carboxylic acid groups (broad SMARTS) is 1. The molecule has 0 aliphatic rings. The highest BCUT2D eigenvalue weighted by molar-refractivity contribution is 5.88. The number of carboxylic acids is 1. The first-order valence-electron chi connectivity index (χ1n) is 5.82. The van der Waals surface area contributed by atoms with Crippen molar-refractivity contribution < 1.29 is 9.90 Å². The molecule has 0 amide bonds. The Kier molecular flexibility index (Phi) is 3.79. The topological polar surface area (TPSA) is 74.0 Å². The van der Waals surface area contributed by atoms with Crippen LogP contribution in [0.25, 0.3) is 11.3 Å². The molecular formula is C16H10N2O2. The van der Waals surface area contributed by atoms with E-state index in [-0.39, 0.29) is 5.56 Å². The van der Waals surface area contributed by atoms with Crippen LogP contribution in [0.3, 0.4) is 0 Å². The third kappa shape index (κ3) is 2.66. The number of aromatic nitrogens is 1. The average Bonchev–Trinajstić information content (AvgIpc) is 2.48. The maximum atomic E-state index is 10.9. The minimum atomic E-state index is -1.01. The number of carbonyl (C=O) groups is 1. The van der Waals surface area contributed by atoms with E-state index in [2.05, 4.69) is 22.9 Å². The lowest BCUT2D eigenvalue weighted by Gasteiger charge is -2.04. The maximum absolute atomic E-state index is 10.9. The van der Waals surface area contributed by atoms with Crippen molar-refractivity contribution in [2.45, 2.75) is 6.92 Å². The predicted molar refractivity (Wildman–Crippen MR) is 73.9 cm³/mol. The highest BCUT2D eigenvalue weighted by Crippen LogP contribution is 2.21. The van der Waals surface area contributed by atoms with Crippen molar-refractivity contribution in [3.63, 3.8) is 0 Å². The molecule has 0 radical (unpaired) electrons. The van der Waals surface area contributed by atoms with Gasteiger partial charge in [0.05, 0.1) is 16.8 Å². The summed E-state index contributed by atoms with van der Waals surface area (Å²) in [7, 11) is 0. The van der Waals surface area contributed by atoms with E-state index in [9.17, 15) is 4.79 Å². The highest BCUT2D eigenvalue weighted by Gasteiger charge is 2.08. The first-order chi connectivity index (χ1) is 9.65. The van der Waals surface area contributed by atoms with E-state index < -0.39 is 5.97 Å². The summed E-state index contributed by atoms with van der Waals surface area (Å²) in [5.74, 6) is 4.58. The Bertz CT molecular complexity index is 777. The quantitative estimate of drug-likeness (QED) is 0.844. The van der Waals surface area contributed by atoms with Gasteiger partial charge in [-0.3, -0.25) is 4.98 Å². The van der Waals surface area contributed by atoms with Crippen LogP contribution in [0, 0.1) is 23.2 Å². The third-order valence-corrected chi connectivity index (χ3v) is 2.70. The standard InChI is InChI=1S/C16H10N2O2/c1-2-3-11-4-5-12(8-14(11)10-17)15-9-13(16(19)20)6-7-18-15/h4-9H,1H3,(H,19,20). The first kappa shape index (κ1) is 13.3. The zero-order chi connectivity index (χ0) is 14.5. The molecule has 0 saturated carbocycles. The van der Waals surface area contributed by atoms with Crippen LogP contribution in [0.1, 0.15) is 28.4 Å². The molecule has 0 aliphatic carbocycles. The molecule has 0 saturated heterocycles. The number of rotatable bonds is 2. The molecular weight excluding hydrogens is 252 g/mol. The Morgan fingerprint density at radius 2 is 2.05 bits per heavy atom. The van der Waals surface area contributed by atoms with E-state index in [1.54, 1.807) is 25.1 Å². The maximum Gasteiger partial charge on any atom is 0.335 e. The van der Waals surface area contributed by atoms with E-state index in [1.807, 2.05) is 0 Å². The number of nitriles is 1. The minimum Gasteiger partial charge on any atom is -0.478 e. The number of hydrogen-bond acceptors (Lipinski definition) is 3. The molecule has 1 N–H and O–H groups in total. The lowest BCUT2D eigenvalue weighted by Crippen LogP contribution is -1.97. The summed E-state index contributed by atoms with van der Waals surface area (Å²) < 4.78 is 0. The third-order valence-electron chi connectivity index (χ3n) is 2.70. The second-order valence-corrected chi connectivity index (χ2v) is 3.98. The molecule has 96 valence electrons. The molecule has 0 bridgehead atoms. The Morgan fingerprint density at radius 1 is 1.25 bits per heavy atom. The second kappa shape index (κ2) is 5.69. The number of nitrogens with zero attached hydrogens (tertiary/aromatic N) is 2. The summed E-state index contributed by atoms with van der Waals surface area (Å²) >= 11 is 0. The molecule has 0 fully saturated rings. The largest absolute Gasteiger partial charge is 0.478 e. The van der Waals surface area contributed by atoms with E-state index >= 15 is 0 Å². The minimum absolute atomic E-state index is 0.158. The average molecular weight is 262 g/mol. The van der Waals surface area contributed by atoms with Gasteiger partial charge in [-0.1, -0.05) is 12.0 Å². The van der Waals surface area contributed by atoms with E-state index in [0.717, 1.165) is 0 Å². The van der Waals surface area contributed by atoms with Crippen molar-refractivity contribution in [3.8, 4) is 29.2 Å². The van der Waals surface area contributed by atoms with Crippen LogP contribution in [-0.2, 0) is 0 Å². The molecule has 0 aliphatic heterocycles. The Morgan fingerprint density at radius 3 is 2.70 bits per heavy atom. The van der Waals surface area contributed by atoms with Crippen molar-refractivity contribution in [3.05, 3.63) is 53.2 Å². The van der Waals surface area contributed by atoms with Crippen LogP contribution in [0.5, 0.6) is 0 Å². The van der Waals surface area contributed by atoms with Crippen LogP contribution < -0.4 is 0 Å². The summed E-state index contributed by atoms with van der Waals surface area (Å²) in [6.07, 6.45) is 1.44. The van der Waals surface area contributed by atoms with Crippen molar-refractivity contribution in [2.75, 3.05) is 0 Å². The number of pyridine rings is 1. The molecule has 1 heterocycles. The Balaban J connectivity index is 2.53. The monoisotopic (exact) mass is 262 g/mol. The number of benzene rings is 1. The Hall–Kier alpha value is -3.11. The summed E-state index contributed by atoms with van der Waals surface area (Å²) in [5, 5.41) is 18.1. The van der Waals surface area contributed by atoms with Gasteiger partial charge in [-0.2, -0.15) is 5.26 Å². The smallest absolute Gasteiger partial charge is 0.335 e. The fraction of sp³-hybridized carbons (Fsp3) is 0.0625. The van der Waals surface area contributed by atoms with E-state index in [4.69, 9.17) is 10.4 Å². The van der Waals surface area contributed by atoms with Gasteiger partial charge in [0, 0.05) is 17.3 Å². The van der Waals surface area contributed by atoms with Crippen LogP contribution in [-0.4, -0.2) is 16.1 Å². The normalized spacial score (nSPS) is 9.20. The van der Waals surface area contributed by atoms with Crippen LogP contribution in [0.15, 0.2) is 36.5 Å². The number of aromatic carboxylic acids is 1. The van der Waals surface area contributed by atoms with Gasteiger partial charge in [0.1, 0.15) is 6.07 Å². The summed E-state index contributed by atoms with van der Waals surface area (Å²) in [6, 6.07) is 10.2. The van der Waals surface area contributed by atoms with Crippen LogP contribution in [0.4, 0.5) is 0 Å². The first-order valence-corrected chi connectivity index (χ1v) is 5.82.